The normalized spacial score (nSPS) is 12.1. The molecule has 8 nitrogen and oxygen atoms in total. The highest BCUT2D eigenvalue weighted by atomic mass is 16.6. The Balaban J connectivity index is 3.02. The van der Waals surface area contributed by atoms with E-state index in [1.165, 1.54) is 25.1 Å². The number of hydrogen-bond donors (Lipinski definition) is 2. The van der Waals surface area contributed by atoms with Crippen LogP contribution >= 0.6 is 0 Å². The molecule has 2 amide bonds. The number of carbonyl (C=O) groups excluding carboxylic acids is 3. The van der Waals surface area contributed by atoms with Crippen molar-refractivity contribution >= 4 is 35.4 Å². The van der Waals surface area contributed by atoms with Crippen LogP contribution in [0.3, 0.4) is 0 Å². The third kappa shape index (κ3) is 7.62. The molecule has 0 aliphatic rings. The Morgan fingerprint density at radius 2 is 1.93 bits per heavy atom. The molecule has 2 N–H and O–H groups in total. The standard InChI is InChI=1S/C22H31N3O5/c1-8-9-18(25(6)21(28)30-22(2,3)4)19(26)13-11-15-10-12-16(14-17(15)23-5)24-20(27)29-7/h8,10-14,18,23H,1,9H2,2-7H3,(H,24,27). The molecule has 0 saturated heterocycles. The lowest BCUT2D eigenvalue weighted by Gasteiger charge is -2.29. The monoisotopic (exact) mass is 417 g/mol. The summed E-state index contributed by atoms with van der Waals surface area (Å²) in [4.78, 5) is 37.8. The number of anilines is 2. The summed E-state index contributed by atoms with van der Waals surface area (Å²) in [5, 5.41) is 5.59. The van der Waals surface area contributed by atoms with Crippen molar-refractivity contribution in [3.63, 3.8) is 0 Å². The molecule has 164 valence electrons. The van der Waals surface area contributed by atoms with Gasteiger partial charge in [0.15, 0.2) is 5.78 Å². The molecule has 8 heteroatoms. The fourth-order valence-electron chi connectivity index (χ4n) is 2.53. The van der Waals surface area contributed by atoms with Crippen LogP contribution in [-0.2, 0) is 14.3 Å². The number of likely N-dealkylation sites (N-methyl/N-ethyl adjacent to an activating group) is 1. The second-order valence-corrected chi connectivity index (χ2v) is 7.54. The van der Waals surface area contributed by atoms with Crippen LogP contribution < -0.4 is 10.6 Å². The summed E-state index contributed by atoms with van der Waals surface area (Å²) in [6.07, 6.45) is 3.79. The van der Waals surface area contributed by atoms with Crippen LogP contribution in [0.1, 0.15) is 32.8 Å². The minimum atomic E-state index is -0.730. The topological polar surface area (TPSA) is 97.0 Å². The first-order valence-corrected chi connectivity index (χ1v) is 9.47. The van der Waals surface area contributed by atoms with Crippen molar-refractivity contribution in [1.29, 1.82) is 0 Å². The number of ketones is 1. The minimum Gasteiger partial charge on any atom is -0.453 e. The Labute approximate surface area is 177 Å². The van der Waals surface area contributed by atoms with Gasteiger partial charge in [0.25, 0.3) is 0 Å². The number of carbonyl (C=O) groups is 3. The minimum absolute atomic E-state index is 0.262. The molecule has 0 saturated carbocycles. The fraction of sp³-hybridized carbons (Fsp3) is 0.409. The van der Waals surface area contributed by atoms with E-state index in [1.54, 1.807) is 58.2 Å². The lowest BCUT2D eigenvalue weighted by molar-refractivity contribution is -0.119. The molecule has 0 heterocycles. The van der Waals surface area contributed by atoms with E-state index in [0.29, 0.717) is 17.8 Å². The molecule has 0 bridgehead atoms. The van der Waals surface area contributed by atoms with Crippen LogP contribution in [0.4, 0.5) is 21.0 Å². The van der Waals surface area contributed by atoms with Gasteiger partial charge in [-0.25, -0.2) is 9.59 Å². The third-order valence-corrected chi connectivity index (χ3v) is 4.05. The molecule has 0 spiro atoms. The quantitative estimate of drug-likeness (QED) is 0.483. The number of rotatable bonds is 8. The highest BCUT2D eigenvalue weighted by molar-refractivity contribution is 6.00. The van der Waals surface area contributed by atoms with Gasteiger partial charge in [0, 0.05) is 25.5 Å². The number of benzene rings is 1. The first-order chi connectivity index (χ1) is 14.0. The van der Waals surface area contributed by atoms with E-state index in [0.717, 1.165) is 5.56 Å². The second kappa shape index (κ2) is 11.0. The summed E-state index contributed by atoms with van der Waals surface area (Å²) < 4.78 is 9.93. The molecule has 0 aromatic heterocycles. The maximum Gasteiger partial charge on any atom is 0.411 e. The first-order valence-electron chi connectivity index (χ1n) is 9.47. The van der Waals surface area contributed by atoms with E-state index >= 15 is 0 Å². The van der Waals surface area contributed by atoms with Crippen LogP contribution in [0, 0.1) is 0 Å². The Kier molecular flexibility index (Phi) is 9.11. The highest BCUT2D eigenvalue weighted by Crippen LogP contribution is 2.23. The maximum atomic E-state index is 12.8. The predicted molar refractivity (Wildman–Crippen MR) is 119 cm³/mol. The summed E-state index contributed by atoms with van der Waals surface area (Å²) in [6, 6.07) is 4.43. The molecule has 0 aliphatic heterocycles. The number of nitrogens with zero attached hydrogens (tertiary/aromatic N) is 1. The van der Waals surface area contributed by atoms with Gasteiger partial charge in [-0.05, 0) is 57.0 Å². The number of methoxy groups -OCH3 is 1. The average molecular weight is 418 g/mol. The molecule has 1 aromatic carbocycles. The van der Waals surface area contributed by atoms with Crippen LogP contribution in [0.2, 0.25) is 0 Å². The summed E-state index contributed by atoms with van der Waals surface area (Å²) in [5.41, 5.74) is 1.32. The Morgan fingerprint density at radius 3 is 2.47 bits per heavy atom. The summed E-state index contributed by atoms with van der Waals surface area (Å²) in [6.45, 7) is 8.97. The summed E-state index contributed by atoms with van der Waals surface area (Å²) >= 11 is 0. The molecule has 0 aliphatic carbocycles. The van der Waals surface area contributed by atoms with Gasteiger partial charge in [-0.1, -0.05) is 12.1 Å². The van der Waals surface area contributed by atoms with E-state index < -0.39 is 23.8 Å². The smallest absolute Gasteiger partial charge is 0.411 e. The number of ether oxygens (including phenoxy) is 2. The SMILES string of the molecule is C=CCC(C(=O)C=Cc1ccc(NC(=O)OC)cc1NC)N(C)C(=O)OC(C)(C)C. The lowest BCUT2D eigenvalue weighted by atomic mass is 10.1. The van der Waals surface area contributed by atoms with Crippen LogP contribution in [0.5, 0.6) is 0 Å². The molecular formula is C22H31N3O5. The van der Waals surface area contributed by atoms with Gasteiger partial charge < -0.3 is 19.7 Å². The van der Waals surface area contributed by atoms with Crippen molar-refractivity contribution in [2.75, 3.05) is 31.8 Å². The lowest BCUT2D eigenvalue weighted by Crippen LogP contribution is -2.44. The number of amides is 2. The zero-order valence-corrected chi connectivity index (χ0v) is 18.4. The van der Waals surface area contributed by atoms with Crippen molar-refractivity contribution in [3.8, 4) is 0 Å². The van der Waals surface area contributed by atoms with Crippen molar-refractivity contribution < 1.29 is 23.9 Å². The van der Waals surface area contributed by atoms with Gasteiger partial charge in [-0.15, -0.1) is 6.58 Å². The van der Waals surface area contributed by atoms with E-state index in [4.69, 9.17) is 4.74 Å². The predicted octanol–water partition coefficient (Wildman–Crippen LogP) is 4.30. The van der Waals surface area contributed by atoms with Crippen molar-refractivity contribution in [3.05, 3.63) is 42.5 Å². The van der Waals surface area contributed by atoms with E-state index in [-0.39, 0.29) is 5.78 Å². The Morgan fingerprint density at radius 1 is 1.27 bits per heavy atom. The number of hydrogen-bond acceptors (Lipinski definition) is 6. The maximum absolute atomic E-state index is 12.8. The van der Waals surface area contributed by atoms with Gasteiger partial charge in [-0.2, -0.15) is 0 Å². The Bertz CT molecular complexity index is 811. The largest absolute Gasteiger partial charge is 0.453 e. The molecule has 1 aromatic rings. The zero-order chi connectivity index (χ0) is 22.9. The molecule has 1 rings (SSSR count). The second-order valence-electron chi connectivity index (χ2n) is 7.54. The fourth-order valence-corrected chi connectivity index (χ4v) is 2.53. The van der Waals surface area contributed by atoms with Gasteiger partial charge in [0.1, 0.15) is 11.6 Å². The van der Waals surface area contributed by atoms with Crippen molar-refractivity contribution in [2.24, 2.45) is 0 Å². The van der Waals surface area contributed by atoms with Crippen LogP contribution in [0.15, 0.2) is 36.9 Å². The van der Waals surface area contributed by atoms with Crippen LogP contribution in [-0.4, -0.2) is 55.7 Å². The average Bonchev–Trinajstić information content (AvgIpc) is 2.68. The summed E-state index contributed by atoms with van der Waals surface area (Å²) in [5.74, 6) is -0.262. The first kappa shape index (κ1) is 24.7. The van der Waals surface area contributed by atoms with Crippen molar-refractivity contribution in [1.82, 2.24) is 4.90 Å². The van der Waals surface area contributed by atoms with Gasteiger partial charge >= 0.3 is 12.2 Å². The van der Waals surface area contributed by atoms with E-state index in [1.807, 2.05) is 0 Å². The highest BCUT2D eigenvalue weighted by Gasteiger charge is 2.28. The van der Waals surface area contributed by atoms with Gasteiger partial charge in [-0.3, -0.25) is 10.1 Å². The number of nitrogens with one attached hydrogen (secondary N) is 2. The van der Waals surface area contributed by atoms with Gasteiger partial charge in [0.2, 0.25) is 0 Å². The van der Waals surface area contributed by atoms with Crippen molar-refractivity contribution in [2.45, 2.75) is 38.8 Å². The third-order valence-electron chi connectivity index (χ3n) is 4.05. The molecule has 0 radical (unpaired) electrons. The molecule has 1 atom stereocenters. The van der Waals surface area contributed by atoms with Gasteiger partial charge in [0.05, 0.1) is 7.11 Å². The molecule has 30 heavy (non-hydrogen) atoms. The Hall–Kier alpha value is -3.29. The van der Waals surface area contributed by atoms with Crippen LogP contribution in [0.25, 0.3) is 6.08 Å². The zero-order valence-electron chi connectivity index (χ0n) is 18.4. The van der Waals surface area contributed by atoms with E-state index in [2.05, 4.69) is 21.9 Å². The molecular weight excluding hydrogens is 386 g/mol. The molecule has 0 fully saturated rings. The molecule has 1 unspecified atom stereocenters. The van der Waals surface area contributed by atoms with E-state index in [9.17, 15) is 14.4 Å². The summed E-state index contributed by atoms with van der Waals surface area (Å²) in [7, 11) is 4.54.